The van der Waals surface area contributed by atoms with Crippen LogP contribution >= 0.6 is 0 Å². The molecule has 0 saturated heterocycles. The van der Waals surface area contributed by atoms with E-state index in [1.165, 1.54) is 0 Å². The predicted molar refractivity (Wildman–Crippen MR) is 93.8 cm³/mol. The Bertz CT molecular complexity index is 882. The van der Waals surface area contributed by atoms with Crippen LogP contribution in [0.5, 0.6) is 11.5 Å². The number of hydrogen-bond donors (Lipinski definition) is 0. The first-order valence-electron chi connectivity index (χ1n) is 7.98. The predicted octanol–water partition coefficient (Wildman–Crippen LogP) is 3.66. The van der Waals surface area contributed by atoms with E-state index < -0.39 is 0 Å². The number of pyridine rings is 1. The van der Waals surface area contributed by atoms with Gasteiger partial charge in [0, 0.05) is 11.8 Å². The number of nitrogens with zero attached hydrogens (tertiary/aromatic N) is 2. The van der Waals surface area contributed by atoms with Crippen molar-refractivity contribution in [1.82, 2.24) is 4.98 Å². The molecule has 0 bridgehead atoms. The first-order valence-corrected chi connectivity index (χ1v) is 7.98. The van der Waals surface area contributed by atoms with E-state index in [-0.39, 0.29) is 12.7 Å². The molecule has 0 atom stereocenters. The number of amides is 1. The number of aromatic nitrogens is 1. The molecule has 0 unspecified atom stereocenters. The van der Waals surface area contributed by atoms with Crippen LogP contribution in [0.3, 0.4) is 0 Å². The fourth-order valence-electron chi connectivity index (χ4n) is 2.72. The lowest BCUT2D eigenvalue weighted by Gasteiger charge is -2.22. The van der Waals surface area contributed by atoms with Crippen molar-refractivity contribution < 1.29 is 14.3 Å². The second kappa shape index (κ2) is 6.65. The Balaban J connectivity index is 1.68. The zero-order valence-corrected chi connectivity index (χ0v) is 13.5. The average Bonchev–Trinajstić information content (AvgIpc) is 3.15. The standard InChI is InChI=1S/C20H16N2O3/c23-20(16-9-10-17-18(12-16)25-14-24-17)22(19-8-4-5-11-21-19)13-15-6-2-1-3-7-15/h1-12H,13-14H2. The number of benzene rings is 2. The van der Waals surface area contributed by atoms with Crippen LogP contribution in [0.2, 0.25) is 0 Å². The molecule has 1 amide bonds. The molecule has 4 rings (SSSR count). The van der Waals surface area contributed by atoms with E-state index in [0.29, 0.717) is 29.4 Å². The fourth-order valence-corrected chi connectivity index (χ4v) is 2.72. The fraction of sp³-hybridized carbons (Fsp3) is 0.100. The highest BCUT2D eigenvalue weighted by atomic mass is 16.7. The van der Waals surface area contributed by atoms with Gasteiger partial charge in [-0.1, -0.05) is 36.4 Å². The van der Waals surface area contributed by atoms with Gasteiger partial charge in [0.05, 0.1) is 6.54 Å². The Hall–Kier alpha value is -3.34. The summed E-state index contributed by atoms with van der Waals surface area (Å²) in [4.78, 5) is 19.1. The summed E-state index contributed by atoms with van der Waals surface area (Å²) in [6.45, 7) is 0.617. The number of carbonyl (C=O) groups excluding carboxylic acids is 1. The second-order valence-corrected chi connectivity index (χ2v) is 5.63. The molecular formula is C20H16N2O3. The number of anilines is 1. The lowest BCUT2D eigenvalue weighted by Crippen LogP contribution is -2.31. The maximum atomic E-state index is 13.1. The van der Waals surface area contributed by atoms with Gasteiger partial charge >= 0.3 is 0 Å². The highest BCUT2D eigenvalue weighted by Crippen LogP contribution is 2.33. The molecule has 1 aliphatic rings. The van der Waals surface area contributed by atoms with Crippen LogP contribution in [0.1, 0.15) is 15.9 Å². The SMILES string of the molecule is O=C(c1ccc2c(c1)OCO2)N(Cc1ccccc1)c1ccccn1. The Labute approximate surface area is 145 Å². The van der Waals surface area contributed by atoms with Gasteiger partial charge in [-0.3, -0.25) is 9.69 Å². The van der Waals surface area contributed by atoms with Crippen molar-refractivity contribution in [3.8, 4) is 11.5 Å². The number of ether oxygens (including phenoxy) is 2. The van der Waals surface area contributed by atoms with E-state index in [9.17, 15) is 4.79 Å². The minimum atomic E-state index is -0.138. The summed E-state index contributed by atoms with van der Waals surface area (Å²) in [6.07, 6.45) is 1.68. The molecule has 2 heterocycles. The molecule has 0 saturated carbocycles. The first-order chi connectivity index (χ1) is 12.3. The Kier molecular flexibility index (Phi) is 4.04. The topological polar surface area (TPSA) is 51.7 Å². The maximum Gasteiger partial charge on any atom is 0.259 e. The summed E-state index contributed by atoms with van der Waals surface area (Å²) in [7, 11) is 0. The van der Waals surface area contributed by atoms with Crippen LogP contribution in [-0.2, 0) is 6.54 Å². The number of fused-ring (bicyclic) bond motifs is 1. The third-order valence-electron chi connectivity index (χ3n) is 3.97. The van der Waals surface area contributed by atoms with Crippen LogP contribution in [-0.4, -0.2) is 17.7 Å². The Morgan fingerprint density at radius 2 is 1.76 bits per heavy atom. The van der Waals surface area contributed by atoms with Gasteiger partial charge < -0.3 is 9.47 Å². The van der Waals surface area contributed by atoms with Crippen LogP contribution in [0.15, 0.2) is 72.9 Å². The molecule has 2 aromatic carbocycles. The van der Waals surface area contributed by atoms with E-state index in [0.717, 1.165) is 5.56 Å². The largest absolute Gasteiger partial charge is 0.454 e. The minimum Gasteiger partial charge on any atom is -0.454 e. The minimum absolute atomic E-state index is 0.138. The molecule has 0 N–H and O–H groups in total. The zero-order valence-electron chi connectivity index (χ0n) is 13.5. The van der Waals surface area contributed by atoms with Gasteiger partial charge in [0.15, 0.2) is 11.5 Å². The molecule has 0 spiro atoms. The van der Waals surface area contributed by atoms with Crippen LogP contribution in [0.4, 0.5) is 5.82 Å². The number of carbonyl (C=O) groups is 1. The van der Waals surface area contributed by atoms with Gasteiger partial charge in [-0.2, -0.15) is 0 Å². The molecular weight excluding hydrogens is 316 g/mol. The molecule has 0 aliphatic carbocycles. The third kappa shape index (κ3) is 3.17. The molecule has 0 radical (unpaired) electrons. The Morgan fingerprint density at radius 1 is 0.960 bits per heavy atom. The highest BCUT2D eigenvalue weighted by Gasteiger charge is 2.22. The zero-order chi connectivity index (χ0) is 17.1. The van der Waals surface area contributed by atoms with Crippen molar-refractivity contribution in [2.75, 3.05) is 11.7 Å². The van der Waals surface area contributed by atoms with Gasteiger partial charge in [-0.25, -0.2) is 4.98 Å². The van der Waals surface area contributed by atoms with E-state index in [4.69, 9.17) is 9.47 Å². The second-order valence-electron chi connectivity index (χ2n) is 5.63. The third-order valence-corrected chi connectivity index (χ3v) is 3.97. The van der Waals surface area contributed by atoms with E-state index in [1.807, 2.05) is 48.5 Å². The van der Waals surface area contributed by atoms with Crippen molar-refractivity contribution in [2.24, 2.45) is 0 Å². The van der Waals surface area contributed by atoms with Crippen molar-refractivity contribution in [1.29, 1.82) is 0 Å². The summed E-state index contributed by atoms with van der Waals surface area (Å²) < 4.78 is 10.7. The molecule has 1 aromatic heterocycles. The molecule has 3 aromatic rings. The van der Waals surface area contributed by atoms with Crippen LogP contribution in [0.25, 0.3) is 0 Å². The smallest absolute Gasteiger partial charge is 0.259 e. The maximum absolute atomic E-state index is 13.1. The highest BCUT2D eigenvalue weighted by molar-refractivity contribution is 6.05. The van der Waals surface area contributed by atoms with Crippen molar-refractivity contribution in [3.63, 3.8) is 0 Å². The summed E-state index contributed by atoms with van der Waals surface area (Å²) in [5, 5.41) is 0. The lowest BCUT2D eigenvalue weighted by atomic mass is 10.1. The molecule has 124 valence electrons. The van der Waals surface area contributed by atoms with Crippen molar-refractivity contribution in [3.05, 3.63) is 84.1 Å². The molecule has 0 fully saturated rings. The first kappa shape index (κ1) is 15.2. The molecule has 1 aliphatic heterocycles. The average molecular weight is 332 g/mol. The Morgan fingerprint density at radius 3 is 2.56 bits per heavy atom. The lowest BCUT2D eigenvalue weighted by molar-refractivity contribution is 0.0984. The number of hydrogen-bond acceptors (Lipinski definition) is 4. The summed E-state index contributed by atoms with van der Waals surface area (Å²) >= 11 is 0. The van der Waals surface area contributed by atoms with Crippen LogP contribution in [0, 0.1) is 0 Å². The van der Waals surface area contributed by atoms with Gasteiger partial charge in [-0.15, -0.1) is 0 Å². The van der Waals surface area contributed by atoms with Gasteiger partial charge in [0.1, 0.15) is 5.82 Å². The van der Waals surface area contributed by atoms with Crippen LogP contribution < -0.4 is 14.4 Å². The summed E-state index contributed by atoms with van der Waals surface area (Å²) in [6, 6.07) is 20.6. The number of rotatable bonds is 4. The monoisotopic (exact) mass is 332 g/mol. The van der Waals surface area contributed by atoms with E-state index >= 15 is 0 Å². The molecule has 5 heteroatoms. The van der Waals surface area contributed by atoms with Crippen molar-refractivity contribution >= 4 is 11.7 Å². The van der Waals surface area contributed by atoms with Gasteiger partial charge in [0.25, 0.3) is 5.91 Å². The summed E-state index contributed by atoms with van der Waals surface area (Å²) in [5.74, 6) is 1.71. The molecule has 25 heavy (non-hydrogen) atoms. The van der Waals surface area contributed by atoms with E-state index in [2.05, 4.69) is 4.98 Å². The normalized spacial score (nSPS) is 12.0. The van der Waals surface area contributed by atoms with E-state index in [1.54, 1.807) is 29.3 Å². The van der Waals surface area contributed by atoms with Crippen molar-refractivity contribution in [2.45, 2.75) is 6.54 Å². The summed E-state index contributed by atoms with van der Waals surface area (Å²) in [5.41, 5.74) is 1.56. The molecule has 5 nitrogen and oxygen atoms in total. The van der Waals surface area contributed by atoms with Gasteiger partial charge in [0.2, 0.25) is 6.79 Å². The van der Waals surface area contributed by atoms with Gasteiger partial charge in [-0.05, 0) is 35.9 Å². The quantitative estimate of drug-likeness (QED) is 0.732.